The second-order valence-corrected chi connectivity index (χ2v) is 8.98. The number of hydrogen-bond donors (Lipinski definition) is 2. The van der Waals surface area contributed by atoms with Gasteiger partial charge in [0.05, 0.1) is 12.5 Å². The lowest BCUT2D eigenvalue weighted by molar-refractivity contribution is -0.130. The zero-order valence-corrected chi connectivity index (χ0v) is 19.5. The Labute approximate surface area is 191 Å². The summed E-state index contributed by atoms with van der Waals surface area (Å²) in [6.45, 7) is 6.89. The summed E-state index contributed by atoms with van der Waals surface area (Å²) in [4.78, 5) is 26.0. The second-order valence-electron chi connectivity index (χ2n) is 8.98. The fraction of sp³-hybridized carbons (Fsp3) is 0.481. The number of carbonyl (C=O) groups excluding carboxylic acids is 2. The van der Waals surface area contributed by atoms with Crippen LogP contribution in [0.3, 0.4) is 0 Å². The topological polar surface area (TPSA) is 67.4 Å². The monoisotopic (exact) mass is 436 g/mol. The van der Waals surface area contributed by atoms with Gasteiger partial charge in [-0.3, -0.25) is 9.59 Å². The summed E-state index contributed by atoms with van der Waals surface area (Å²) >= 11 is 0. The molecule has 172 valence electrons. The first-order valence-electron chi connectivity index (χ1n) is 11.9. The fourth-order valence-electron chi connectivity index (χ4n) is 3.87. The van der Waals surface area contributed by atoms with Crippen molar-refractivity contribution in [1.82, 2.24) is 10.6 Å². The summed E-state index contributed by atoms with van der Waals surface area (Å²) in [6, 6.07) is 16.6. The van der Waals surface area contributed by atoms with Crippen molar-refractivity contribution in [2.24, 2.45) is 5.92 Å². The molecule has 0 bridgehead atoms. The van der Waals surface area contributed by atoms with E-state index in [-0.39, 0.29) is 23.8 Å². The minimum Gasteiger partial charge on any atom is -0.493 e. The Morgan fingerprint density at radius 3 is 2.25 bits per heavy atom. The van der Waals surface area contributed by atoms with E-state index in [9.17, 15) is 9.59 Å². The van der Waals surface area contributed by atoms with Crippen LogP contribution in [0.4, 0.5) is 0 Å². The lowest BCUT2D eigenvalue weighted by atomic mass is 9.92. The zero-order valence-electron chi connectivity index (χ0n) is 19.5. The SMILES string of the molecule is CCCC(C)COc1ccc([C@@H](NC(=O)[C@@H](C)c2ccccc2)C(=O)NC2CCC2)cc1. The highest BCUT2D eigenvalue weighted by atomic mass is 16.5. The van der Waals surface area contributed by atoms with Gasteiger partial charge in [0.1, 0.15) is 11.8 Å². The molecule has 2 amide bonds. The first-order chi connectivity index (χ1) is 15.5. The van der Waals surface area contributed by atoms with Gasteiger partial charge in [-0.25, -0.2) is 0 Å². The van der Waals surface area contributed by atoms with E-state index >= 15 is 0 Å². The third-order valence-electron chi connectivity index (χ3n) is 6.22. The van der Waals surface area contributed by atoms with Crippen LogP contribution in [0.1, 0.15) is 76.0 Å². The van der Waals surface area contributed by atoms with Crippen LogP contribution in [-0.4, -0.2) is 24.5 Å². The number of benzene rings is 2. The lowest BCUT2D eigenvalue weighted by Crippen LogP contribution is -2.47. The molecule has 0 aliphatic heterocycles. The molecule has 1 aliphatic rings. The normalized spacial score (nSPS) is 16.3. The summed E-state index contributed by atoms with van der Waals surface area (Å²) < 4.78 is 5.90. The highest BCUT2D eigenvalue weighted by molar-refractivity contribution is 5.91. The van der Waals surface area contributed by atoms with Crippen LogP contribution in [0.15, 0.2) is 54.6 Å². The van der Waals surface area contributed by atoms with E-state index in [0.717, 1.165) is 49.0 Å². The van der Waals surface area contributed by atoms with E-state index in [1.54, 1.807) is 0 Å². The second kappa shape index (κ2) is 11.7. The molecule has 1 fully saturated rings. The number of rotatable bonds is 11. The van der Waals surface area contributed by atoms with Gasteiger partial charge < -0.3 is 15.4 Å². The summed E-state index contributed by atoms with van der Waals surface area (Å²) in [5.74, 6) is 0.600. The quantitative estimate of drug-likeness (QED) is 0.513. The Hall–Kier alpha value is -2.82. The predicted octanol–water partition coefficient (Wildman–Crippen LogP) is 5.13. The van der Waals surface area contributed by atoms with Crippen LogP contribution in [0.2, 0.25) is 0 Å². The summed E-state index contributed by atoms with van der Waals surface area (Å²) in [5.41, 5.74) is 1.68. The van der Waals surface area contributed by atoms with E-state index in [1.807, 2.05) is 61.5 Å². The molecule has 0 aromatic heterocycles. The Bertz CT molecular complexity index is 862. The smallest absolute Gasteiger partial charge is 0.247 e. The standard InChI is InChI=1S/C27H36N2O3/c1-4-9-19(2)18-32-24-16-14-22(15-17-24)25(27(31)28-23-12-8-13-23)29-26(30)20(3)21-10-6-5-7-11-21/h5-7,10-11,14-17,19-20,23,25H,4,8-9,12-13,18H2,1-3H3,(H,28,31)(H,29,30)/t19?,20-,25+/m0/s1. The Morgan fingerprint density at radius 1 is 0.969 bits per heavy atom. The fourth-order valence-corrected chi connectivity index (χ4v) is 3.87. The molecule has 0 saturated heterocycles. The lowest BCUT2D eigenvalue weighted by Gasteiger charge is -2.29. The van der Waals surface area contributed by atoms with Crippen molar-refractivity contribution in [1.29, 1.82) is 0 Å². The number of nitrogens with one attached hydrogen (secondary N) is 2. The highest BCUT2D eigenvalue weighted by Gasteiger charge is 2.29. The van der Waals surface area contributed by atoms with Crippen LogP contribution in [0.5, 0.6) is 5.75 Å². The molecule has 5 nitrogen and oxygen atoms in total. The summed E-state index contributed by atoms with van der Waals surface area (Å²) in [6.07, 6.45) is 5.40. The number of amides is 2. The average Bonchev–Trinajstić information content (AvgIpc) is 2.79. The minimum absolute atomic E-state index is 0.159. The molecule has 5 heteroatoms. The van der Waals surface area contributed by atoms with Gasteiger partial charge in [-0.1, -0.05) is 62.7 Å². The molecule has 1 aliphatic carbocycles. The van der Waals surface area contributed by atoms with E-state index < -0.39 is 6.04 Å². The van der Waals surface area contributed by atoms with Crippen molar-refractivity contribution in [2.45, 2.75) is 70.9 Å². The summed E-state index contributed by atoms with van der Waals surface area (Å²) in [5, 5.41) is 6.06. The van der Waals surface area contributed by atoms with Gasteiger partial charge in [0.25, 0.3) is 0 Å². The van der Waals surface area contributed by atoms with Crippen LogP contribution in [0.25, 0.3) is 0 Å². The largest absolute Gasteiger partial charge is 0.493 e. The van der Waals surface area contributed by atoms with E-state index in [2.05, 4.69) is 24.5 Å². The van der Waals surface area contributed by atoms with Crippen LogP contribution < -0.4 is 15.4 Å². The highest BCUT2D eigenvalue weighted by Crippen LogP contribution is 2.24. The van der Waals surface area contributed by atoms with E-state index in [1.165, 1.54) is 0 Å². The van der Waals surface area contributed by atoms with Crippen molar-refractivity contribution < 1.29 is 14.3 Å². The Balaban J connectivity index is 1.70. The summed E-state index contributed by atoms with van der Waals surface area (Å²) in [7, 11) is 0. The van der Waals surface area contributed by atoms with Gasteiger partial charge in [0.2, 0.25) is 11.8 Å². The molecule has 0 heterocycles. The molecular formula is C27H36N2O3. The third-order valence-corrected chi connectivity index (χ3v) is 6.22. The average molecular weight is 437 g/mol. The first-order valence-corrected chi connectivity index (χ1v) is 11.9. The molecule has 0 radical (unpaired) electrons. The van der Waals surface area contributed by atoms with Crippen LogP contribution in [0, 0.1) is 5.92 Å². The number of carbonyl (C=O) groups is 2. The Morgan fingerprint density at radius 2 is 1.66 bits per heavy atom. The molecule has 2 N–H and O–H groups in total. The molecule has 2 aromatic carbocycles. The van der Waals surface area contributed by atoms with Crippen molar-refractivity contribution in [3.8, 4) is 5.75 Å². The molecule has 3 rings (SSSR count). The molecule has 32 heavy (non-hydrogen) atoms. The maximum Gasteiger partial charge on any atom is 0.247 e. The van der Waals surface area contributed by atoms with Gasteiger partial charge in [-0.2, -0.15) is 0 Å². The first kappa shape index (κ1) is 23.8. The number of ether oxygens (including phenoxy) is 1. The maximum atomic E-state index is 13.1. The van der Waals surface area contributed by atoms with Gasteiger partial charge in [-0.05, 0) is 61.8 Å². The van der Waals surface area contributed by atoms with Crippen LogP contribution >= 0.6 is 0 Å². The zero-order chi connectivity index (χ0) is 22.9. The van der Waals surface area contributed by atoms with Gasteiger partial charge in [0, 0.05) is 6.04 Å². The van der Waals surface area contributed by atoms with Gasteiger partial charge in [-0.15, -0.1) is 0 Å². The van der Waals surface area contributed by atoms with Gasteiger partial charge >= 0.3 is 0 Å². The van der Waals surface area contributed by atoms with Gasteiger partial charge in [0.15, 0.2) is 0 Å². The molecule has 2 aromatic rings. The molecule has 1 unspecified atom stereocenters. The van der Waals surface area contributed by atoms with E-state index in [4.69, 9.17) is 4.74 Å². The third kappa shape index (κ3) is 6.59. The van der Waals surface area contributed by atoms with Crippen molar-refractivity contribution in [3.05, 3.63) is 65.7 Å². The molecule has 0 spiro atoms. The minimum atomic E-state index is -0.734. The molecule has 3 atom stereocenters. The maximum absolute atomic E-state index is 13.1. The van der Waals surface area contributed by atoms with E-state index in [0.29, 0.717) is 12.5 Å². The molecular weight excluding hydrogens is 400 g/mol. The van der Waals surface area contributed by atoms with Crippen molar-refractivity contribution in [2.75, 3.05) is 6.61 Å². The van der Waals surface area contributed by atoms with Crippen molar-refractivity contribution >= 4 is 11.8 Å². The predicted molar refractivity (Wildman–Crippen MR) is 128 cm³/mol. The number of hydrogen-bond acceptors (Lipinski definition) is 3. The molecule has 1 saturated carbocycles. The van der Waals surface area contributed by atoms with Crippen LogP contribution in [-0.2, 0) is 9.59 Å². The van der Waals surface area contributed by atoms with Crippen molar-refractivity contribution in [3.63, 3.8) is 0 Å². The Kier molecular flexibility index (Phi) is 8.72.